The van der Waals surface area contributed by atoms with Crippen LogP contribution in [0, 0.1) is 17.5 Å². The molecule has 2 aromatic carbocycles. The molecule has 0 spiro atoms. The van der Waals surface area contributed by atoms with Crippen molar-refractivity contribution in [3.63, 3.8) is 0 Å². The normalized spacial score (nSPS) is 16.0. The fraction of sp³-hybridized carbons (Fsp3) is 0.286. The van der Waals surface area contributed by atoms with E-state index in [1.54, 1.807) is 44.4 Å². The first-order chi connectivity index (χ1) is 18.7. The molecule has 1 N–H and O–H groups in total. The van der Waals surface area contributed by atoms with Crippen LogP contribution in [-0.4, -0.2) is 48.3 Å². The molecule has 2 aromatic heterocycles. The van der Waals surface area contributed by atoms with Gasteiger partial charge in [0, 0.05) is 38.3 Å². The molecular weight excluding hydrogens is 511 g/mol. The molecule has 202 valence electrons. The standard InChI is InChI=1S/C28H26F3N5O3/c1-3-23(17-12-18(29)14-19(30)13-17)36-25(22-9-10-34(2)33-22)32-26(37)24(28(36)39)27(38)35-11-8-16(15-35)20-6-4-5-7-21(20)31/h4-7,9-10,12-14,16,23,37H,3,8,11,15H2,1-2H3/t16?,23-/m0/s1. The molecule has 39 heavy (non-hydrogen) atoms. The van der Waals surface area contributed by atoms with E-state index in [1.807, 2.05) is 0 Å². The van der Waals surface area contributed by atoms with E-state index in [0.29, 0.717) is 12.0 Å². The average molecular weight is 538 g/mol. The zero-order chi connectivity index (χ0) is 27.8. The van der Waals surface area contributed by atoms with Gasteiger partial charge in [-0.2, -0.15) is 10.1 Å². The van der Waals surface area contributed by atoms with Gasteiger partial charge in [0.25, 0.3) is 11.5 Å². The van der Waals surface area contributed by atoms with Crippen LogP contribution >= 0.6 is 0 Å². The Morgan fingerprint density at radius 2 is 1.85 bits per heavy atom. The molecular formula is C28H26F3N5O3. The molecule has 1 aliphatic heterocycles. The highest BCUT2D eigenvalue weighted by Gasteiger charge is 2.34. The molecule has 0 aliphatic carbocycles. The number of aryl methyl sites for hydroxylation is 1. The van der Waals surface area contributed by atoms with Crippen molar-refractivity contribution in [2.75, 3.05) is 13.1 Å². The predicted molar refractivity (Wildman–Crippen MR) is 137 cm³/mol. The molecule has 0 saturated carbocycles. The highest BCUT2D eigenvalue weighted by molar-refractivity contribution is 5.96. The van der Waals surface area contributed by atoms with E-state index in [9.17, 15) is 27.9 Å². The Morgan fingerprint density at radius 1 is 1.13 bits per heavy atom. The van der Waals surface area contributed by atoms with Gasteiger partial charge in [0.1, 0.15) is 23.1 Å². The largest absolute Gasteiger partial charge is 0.493 e. The summed E-state index contributed by atoms with van der Waals surface area (Å²) in [5, 5.41) is 15.1. The Labute approximate surface area is 222 Å². The molecule has 1 saturated heterocycles. The SMILES string of the molecule is CC[C@@H](c1cc(F)cc(F)c1)n1c(-c2ccn(C)n2)nc(O)c(C(=O)N2CCC(c3ccccc3F)C2)c1=O. The van der Waals surface area contributed by atoms with Crippen molar-refractivity contribution in [2.24, 2.45) is 7.05 Å². The summed E-state index contributed by atoms with van der Waals surface area (Å²) in [7, 11) is 1.66. The second-order valence-corrected chi connectivity index (χ2v) is 9.57. The van der Waals surface area contributed by atoms with Gasteiger partial charge in [-0.15, -0.1) is 0 Å². The second-order valence-electron chi connectivity index (χ2n) is 9.57. The smallest absolute Gasteiger partial charge is 0.271 e. The summed E-state index contributed by atoms with van der Waals surface area (Å²) >= 11 is 0. The van der Waals surface area contributed by atoms with Crippen molar-refractivity contribution in [3.8, 4) is 17.4 Å². The molecule has 1 fully saturated rings. The zero-order valence-corrected chi connectivity index (χ0v) is 21.3. The number of benzene rings is 2. The third-order valence-electron chi connectivity index (χ3n) is 7.04. The van der Waals surface area contributed by atoms with Gasteiger partial charge >= 0.3 is 0 Å². The Morgan fingerprint density at radius 3 is 2.49 bits per heavy atom. The lowest BCUT2D eigenvalue weighted by Crippen LogP contribution is -2.38. The fourth-order valence-electron chi connectivity index (χ4n) is 5.21. The first kappa shape index (κ1) is 26.2. The van der Waals surface area contributed by atoms with Gasteiger partial charge in [-0.1, -0.05) is 25.1 Å². The third-order valence-corrected chi connectivity index (χ3v) is 7.04. The topological polar surface area (TPSA) is 93.2 Å². The Hall–Kier alpha value is -4.41. The van der Waals surface area contributed by atoms with Crippen LogP contribution in [0.2, 0.25) is 0 Å². The van der Waals surface area contributed by atoms with Gasteiger partial charge in [-0.05, 0) is 48.2 Å². The Kier molecular flexibility index (Phi) is 6.98. The molecule has 1 unspecified atom stereocenters. The van der Waals surface area contributed by atoms with Gasteiger partial charge in [0.05, 0.1) is 6.04 Å². The summed E-state index contributed by atoms with van der Waals surface area (Å²) in [5.41, 5.74) is -0.601. The number of hydrogen-bond acceptors (Lipinski definition) is 5. The molecule has 0 bridgehead atoms. The summed E-state index contributed by atoms with van der Waals surface area (Å²) < 4.78 is 45.3. The minimum atomic E-state index is -0.927. The van der Waals surface area contributed by atoms with E-state index in [0.717, 1.165) is 22.8 Å². The van der Waals surface area contributed by atoms with Gasteiger partial charge in [0.2, 0.25) is 5.88 Å². The van der Waals surface area contributed by atoms with Crippen LogP contribution in [0.5, 0.6) is 5.88 Å². The lowest BCUT2D eigenvalue weighted by atomic mass is 9.98. The van der Waals surface area contributed by atoms with Crippen LogP contribution in [0.25, 0.3) is 11.5 Å². The van der Waals surface area contributed by atoms with E-state index < -0.39 is 40.6 Å². The molecule has 3 heterocycles. The maximum Gasteiger partial charge on any atom is 0.271 e. The van der Waals surface area contributed by atoms with Gasteiger partial charge in [0.15, 0.2) is 11.4 Å². The lowest BCUT2D eigenvalue weighted by Gasteiger charge is -2.24. The number of rotatable bonds is 6. The predicted octanol–water partition coefficient (Wildman–Crippen LogP) is 4.40. The number of nitrogens with zero attached hydrogens (tertiary/aromatic N) is 5. The number of aromatic nitrogens is 4. The second kappa shape index (κ2) is 10.4. The van der Waals surface area contributed by atoms with Crippen LogP contribution in [0.3, 0.4) is 0 Å². The molecule has 4 aromatic rings. The number of hydrogen-bond donors (Lipinski definition) is 1. The molecule has 1 aliphatic rings. The molecule has 8 nitrogen and oxygen atoms in total. The third kappa shape index (κ3) is 4.91. The molecule has 11 heteroatoms. The highest BCUT2D eigenvalue weighted by atomic mass is 19.1. The molecule has 5 rings (SSSR count). The van der Waals surface area contributed by atoms with Gasteiger partial charge < -0.3 is 10.0 Å². The Balaban J connectivity index is 1.61. The summed E-state index contributed by atoms with van der Waals surface area (Å²) in [6, 6.07) is 9.90. The number of carbonyl (C=O) groups is 1. The average Bonchev–Trinajstić information content (AvgIpc) is 3.55. The van der Waals surface area contributed by atoms with Crippen LogP contribution in [-0.2, 0) is 7.05 Å². The molecule has 0 radical (unpaired) electrons. The zero-order valence-electron chi connectivity index (χ0n) is 21.3. The minimum absolute atomic E-state index is 0.0585. The van der Waals surface area contributed by atoms with E-state index in [2.05, 4.69) is 10.1 Å². The van der Waals surface area contributed by atoms with E-state index in [-0.39, 0.29) is 48.3 Å². The van der Waals surface area contributed by atoms with Crippen LogP contribution < -0.4 is 5.56 Å². The first-order valence-corrected chi connectivity index (χ1v) is 12.5. The van der Waals surface area contributed by atoms with Crippen molar-refractivity contribution in [1.82, 2.24) is 24.2 Å². The monoisotopic (exact) mass is 537 g/mol. The van der Waals surface area contributed by atoms with Crippen molar-refractivity contribution in [1.29, 1.82) is 0 Å². The van der Waals surface area contributed by atoms with E-state index in [4.69, 9.17) is 0 Å². The van der Waals surface area contributed by atoms with Crippen molar-refractivity contribution < 1.29 is 23.1 Å². The maximum atomic E-state index is 14.4. The van der Waals surface area contributed by atoms with E-state index in [1.165, 1.54) is 15.6 Å². The van der Waals surface area contributed by atoms with Crippen molar-refractivity contribution >= 4 is 5.91 Å². The lowest BCUT2D eigenvalue weighted by molar-refractivity contribution is 0.0783. The fourth-order valence-corrected chi connectivity index (χ4v) is 5.21. The van der Waals surface area contributed by atoms with Crippen LogP contribution in [0.4, 0.5) is 13.2 Å². The summed E-state index contributed by atoms with van der Waals surface area (Å²) in [6.45, 7) is 2.11. The highest BCUT2D eigenvalue weighted by Crippen LogP contribution is 2.32. The van der Waals surface area contributed by atoms with Crippen molar-refractivity contribution in [3.05, 3.63) is 99.2 Å². The number of likely N-dealkylation sites (tertiary alicyclic amines) is 1. The summed E-state index contributed by atoms with van der Waals surface area (Å²) in [5.74, 6) is -3.90. The van der Waals surface area contributed by atoms with Gasteiger partial charge in [-0.3, -0.25) is 18.8 Å². The minimum Gasteiger partial charge on any atom is -0.493 e. The first-order valence-electron chi connectivity index (χ1n) is 12.5. The number of aromatic hydroxyl groups is 1. The van der Waals surface area contributed by atoms with Crippen LogP contribution in [0.1, 0.15) is 53.2 Å². The molecule has 1 amide bonds. The number of halogens is 3. The summed E-state index contributed by atoms with van der Waals surface area (Å²) in [4.78, 5) is 33.1. The van der Waals surface area contributed by atoms with E-state index >= 15 is 0 Å². The summed E-state index contributed by atoms with van der Waals surface area (Å²) in [6.07, 6.45) is 2.29. The van der Waals surface area contributed by atoms with Crippen molar-refractivity contribution in [2.45, 2.75) is 31.7 Å². The number of amides is 1. The number of carbonyl (C=O) groups excluding carboxylic acids is 1. The van der Waals surface area contributed by atoms with Gasteiger partial charge in [-0.25, -0.2) is 13.2 Å². The Bertz CT molecular complexity index is 1600. The molecule has 2 atom stereocenters. The van der Waals surface area contributed by atoms with Crippen LogP contribution in [0.15, 0.2) is 59.5 Å². The maximum absolute atomic E-state index is 14.4. The quantitative estimate of drug-likeness (QED) is 0.394.